The first-order chi connectivity index (χ1) is 15.1. The summed E-state index contributed by atoms with van der Waals surface area (Å²) in [6, 6.07) is 26.2. The topological polar surface area (TPSA) is 76.9 Å². The second kappa shape index (κ2) is 9.40. The Balaban J connectivity index is 1.64. The lowest BCUT2D eigenvalue weighted by Crippen LogP contribution is -2.19. The molecule has 0 aliphatic rings. The van der Waals surface area contributed by atoms with E-state index in [1.165, 1.54) is 18.7 Å². The first kappa shape index (κ1) is 20.6. The quantitative estimate of drug-likeness (QED) is 0.333. The number of benzene rings is 3. The van der Waals surface area contributed by atoms with E-state index in [0.29, 0.717) is 16.4 Å². The zero-order valence-electron chi connectivity index (χ0n) is 16.8. The van der Waals surface area contributed by atoms with E-state index in [4.69, 9.17) is 0 Å². The molecule has 0 fully saturated rings. The lowest BCUT2D eigenvalue weighted by molar-refractivity contribution is -0.115. The number of hydrogen-bond donors (Lipinski definition) is 1. The molecule has 0 spiro atoms. The highest BCUT2D eigenvalue weighted by Gasteiger charge is 2.25. The zero-order chi connectivity index (χ0) is 21.6. The number of thioether (sulfide) groups is 1. The summed E-state index contributed by atoms with van der Waals surface area (Å²) in [5.41, 5.74) is 2.88. The van der Waals surface area contributed by atoms with Crippen LogP contribution in [0.5, 0.6) is 0 Å². The number of nitrogens with zero attached hydrogens (tertiary/aromatic N) is 3. The van der Waals surface area contributed by atoms with Gasteiger partial charge in [0, 0.05) is 16.9 Å². The minimum atomic E-state index is -0.561. The van der Waals surface area contributed by atoms with Gasteiger partial charge in [0.05, 0.1) is 0 Å². The van der Waals surface area contributed by atoms with Crippen LogP contribution in [0.2, 0.25) is 0 Å². The van der Waals surface area contributed by atoms with Crippen molar-refractivity contribution < 1.29 is 9.59 Å². The smallest absolute Gasteiger partial charge is 0.242 e. The molecule has 0 bridgehead atoms. The Morgan fingerprint density at radius 2 is 1.65 bits per heavy atom. The number of anilines is 1. The molecular formula is C24H20N4O2S. The maximum absolute atomic E-state index is 13.3. The standard InChI is InChI=1S/C24H20N4O2S/c1-17(29)19-11-8-12-20(15-19)26-23(30)22(18-9-4-2-5-10-18)31-24-27-25-16-28(24)21-13-6-3-7-14-21/h2-16,22H,1H3,(H,26,30). The van der Waals surface area contributed by atoms with Gasteiger partial charge in [-0.15, -0.1) is 10.2 Å². The van der Waals surface area contributed by atoms with Gasteiger partial charge in [0.2, 0.25) is 5.91 Å². The molecule has 1 amide bonds. The number of Topliss-reactive ketones (excluding diaryl/α,β-unsaturated/α-hetero) is 1. The Hall–Kier alpha value is -3.71. The van der Waals surface area contributed by atoms with Crippen molar-refractivity contribution in [3.63, 3.8) is 0 Å². The third kappa shape index (κ3) is 4.90. The number of carbonyl (C=O) groups excluding carboxylic acids is 2. The van der Waals surface area contributed by atoms with Crippen LogP contribution in [-0.4, -0.2) is 26.5 Å². The van der Waals surface area contributed by atoms with Crippen LogP contribution in [0.15, 0.2) is 96.4 Å². The summed E-state index contributed by atoms with van der Waals surface area (Å²) in [6.45, 7) is 1.50. The summed E-state index contributed by atoms with van der Waals surface area (Å²) in [6.07, 6.45) is 1.63. The van der Waals surface area contributed by atoms with E-state index in [2.05, 4.69) is 15.5 Å². The van der Waals surface area contributed by atoms with E-state index in [9.17, 15) is 9.59 Å². The fourth-order valence-electron chi connectivity index (χ4n) is 3.10. The van der Waals surface area contributed by atoms with Gasteiger partial charge in [-0.3, -0.25) is 14.2 Å². The van der Waals surface area contributed by atoms with Crippen LogP contribution in [-0.2, 0) is 4.79 Å². The maximum Gasteiger partial charge on any atom is 0.242 e. The van der Waals surface area contributed by atoms with Crippen LogP contribution in [0.1, 0.15) is 28.1 Å². The molecule has 0 saturated carbocycles. The van der Waals surface area contributed by atoms with Crippen LogP contribution < -0.4 is 5.32 Å². The fraction of sp³-hybridized carbons (Fsp3) is 0.0833. The molecule has 1 aromatic heterocycles. The van der Waals surface area contributed by atoms with Crippen molar-refractivity contribution in [1.82, 2.24) is 14.8 Å². The Bertz CT molecular complexity index is 1190. The number of carbonyl (C=O) groups is 2. The molecule has 3 aromatic carbocycles. The van der Waals surface area contributed by atoms with E-state index < -0.39 is 5.25 Å². The summed E-state index contributed by atoms with van der Waals surface area (Å²) in [7, 11) is 0. The first-order valence-corrected chi connectivity index (χ1v) is 10.6. The Kier molecular flexibility index (Phi) is 6.24. The summed E-state index contributed by atoms with van der Waals surface area (Å²) in [5, 5.41) is 11.3. The fourth-order valence-corrected chi connectivity index (χ4v) is 4.13. The van der Waals surface area contributed by atoms with Gasteiger partial charge >= 0.3 is 0 Å². The minimum absolute atomic E-state index is 0.0546. The minimum Gasteiger partial charge on any atom is -0.325 e. The van der Waals surface area contributed by atoms with E-state index in [-0.39, 0.29) is 11.7 Å². The average molecular weight is 429 g/mol. The second-order valence-corrected chi connectivity index (χ2v) is 7.93. The lowest BCUT2D eigenvalue weighted by Gasteiger charge is -2.17. The van der Waals surface area contributed by atoms with E-state index in [1.807, 2.05) is 65.2 Å². The van der Waals surface area contributed by atoms with E-state index >= 15 is 0 Å². The molecule has 4 rings (SSSR count). The molecule has 4 aromatic rings. The van der Waals surface area contributed by atoms with Crippen LogP contribution >= 0.6 is 11.8 Å². The number of nitrogens with one attached hydrogen (secondary N) is 1. The molecule has 0 aliphatic carbocycles. The molecule has 154 valence electrons. The van der Waals surface area contributed by atoms with Crippen molar-refractivity contribution >= 4 is 29.1 Å². The van der Waals surface area contributed by atoms with E-state index in [0.717, 1.165) is 11.3 Å². The first-order valence-electron chi connectivity index (χ1n) is 9.71. The SMILES string of the molecule is CC(=O)c1cccc(NC(=O)C(Sc2nncn2-c2ccccc2)c2ccccc2)c1. The average Bonchev–Trinajstić information content (AvgIpc) is 3.27. The number of ketones is 1. The summed E-state index contributed by atoms with van der Waals surface area (Å²) >= 11 is 1.32. The molecule has 0 aliphatic heterocycles. The summed E-state index contributed by atoms with van der Waals surface area (Å²) < 4.78 is 1.85. The highest BCUT2D eigenvalue weighted by atomic mass is 32.2. The predicted molar refractivity (Wildman–Crippen MR) is 121 cm³/mol. The highest BCUT2D eigenvalue weighted by molar-refractivity contribution is 8.00. The van der Waals surface area contributed by atoms with Crippen molar-refractivity contribution in [2.75, 3.05) is 5.32 Å². The van der Waals surface area contributed by atoms with Crippen molar-refractivity contribution in [2.45, 2.75) is 17.3 Å². The van der Waals surface area contributed by atoms with E-state index in [1.54, 1.807) is 30.6 Å². The lowest BCUT2D eigenvalue weighted by atomic mass is 10.1. The van der Waals surface area contributed by atoms with Crippen molar-refractivity contribution in [2.24, 2.45) is 0 Å². The van der Waals surface area contributed by atoms with Crippen molar-refractivity contribution in [1.29, 1.82) is 0 Å². The normalized spacial score (nSPS) is 11.6. The molecule has 31 heavy (non-hydrogen) atoms. The summed E-state index contributed by atoms with van der Waals surface area (Å²) in [5.74, 6) is -0.263. The van der Waals surface area contributed by atoms with Gasteiger partial charge in [0.25, 0.3) is 0 Å². The molecular weight excluding hydrogens is 408 g/mol. The Morgan fingerprint density at radius 1 is 0.935 bits per heavy atom. The third-order valence-electron chi connectivity index (χ3n) is 4.65. The molecule has 1 unspecified atom stereocenters. The van der Waals surface area contributed by atoms with Gasteiger partial charge in [-0.1, -0.05) is 72.4 Å². The molecule has 1 N–H and O–H groups in total. The molecule has 6 nitrogen and oxygen atoms in total. The van der Waals surface area contributed by atoms with Gasteiger partial charge in [-0.05, 0) is 36.8 Å². The van der Waals surface area contributed by atoms with Crippen LogP contribution in [0, 0.1) is 0 Å². The number of rotatable bonds is 7. The zero-order valence-corrected chi connectivity index (χ0v) is 17.6. The number of hydrogen-bond acceptors (Lipinski definition) is 5. The molecule has 1 heterocycles. The Morgan fingerprint density at radius 3 is 2.35 bits per heavy atom. The predicted octanol–water partition coefficient (Wildman–Crippen LogP) is 4.94. The van der Waals surface area contributed by atoms with Gasteiger partial charge in [0.1, 0.15) is 11.6 Å². The Labute approximate surface area is 184 Å². The van der Waals surface area contributed by atoms with Crippen LogP contribution in [0.4, 0.5) is 5.69 Å². The van der Waals surface area contributed by atoms with Crippen LogP contribution in [0.3, 0.4) is 0 Å². The monoisotopic (exact) mass is 428 g/mol. The molecule has 0 radical (unpaired) electrons. The maximum atomic E-state index is 13.3. The second-order valence-electron chi connectivity index (χ2n) is 6.85. The number of aromatic nitrogens is 3. The van der Waals surface area contributed by atoms with Gasteiger partial charge < -0.3 is 5.32 Å². The van der Waals surface area contributed by atoms with Crippen molar-refractivity contribution in [3.8, 4) is 5.69 Å². The largest absolute Gasteiger partial charge is 0.325 e. The molecule has 0 saturated heterocycles. The molecule has 7 heteroatoms. The van der Waals surface area contributed by atoms with Gasteiger partial charge in [0.15, 0.2) is 10.9 Å². The van der Waals surface area contributed by atoms with Gasteiger partial charge in [-0.25, -0.2) is 0 Å². The highest BCUT2D eigenvalue weighted by Crippen LogP contribution is 2.36. The van der Waals surface area contributed by atoms with Crippen LogP contribution in [0.25, 0.3) is 5.69 Å². The summed E-state index contributed by atoms with van der Waals surface area (Å²) in [4.78, 5) is 25.0. The van der Waals surface area contributed by atoms with Gasteiger partial charge in [-0.2, -0.15) is 0 Å². The number of para-hydroxylation sites is 1. The molecule has 1 atom stereocenters. The van der Waals surface area contributed by atoms with Crippen molar-refractivity contribution in [3.05, 3.63) is 102 Å². The number of amides is 1. The third-order valence-corrected chi connectivity index (χ3v) is 5.86.